The van der Waals surface area contributed by atoms with Crippen molar-refractivity contribution in [3.05, 3.63) is 0 Å². The highest BCUT2D eigenvalue weighted by molar-refractivity contribution is 5.86. The number of likely N-dealkylation sites (tertiary alicyclic amines) is 1. The molecule has 3 N–H and O–H groups in total. The molecular weight excluding hydrogens is 276 g/mol. The molecule has 0 unspecified atom stereocenters. The third kappa shape index (κ3) is 5.24. The maximum atomic E-state index is 12.0. The molecule has 0 aromatic rings. The number of nitrogens with one attached hydrogen (secondary N) is 1. The Morgan fingerprint density at radius 1 is 1.19 bits per heavy atom. The van der Waals surface area contributed by atoms with Crippen molar-refractivity contribution < 1.29 is 24.6 Å². The highest BCUT2D eigenvalue weighted by atomic mass is 16.4. The van der Waals surface area contributed by atoms with Gasteiger partial charge in [-0.1, -0.05) is 20.8 Å². The number of piperidine rings is 1. The molecule has 120 valence electrons. The maximum Gasteiger partial charge on any atom is 0.326 e. The lowest BCUT2D eigenvalue weighted by molar-refractivity contribution is -0.145. The molecule has 7 nitrogen and oxygen atoms in total. The highest BCUT2D eigenvalue weighted by Gasteiger charge is 2.32. The van der Waals surface area contributed by atoms with E-state index in [4.69, 9.17) is 10.2 Å². The quantitative estimate of drug-likeness (QED) is 0.727. The van der Waals surface area contributed by atoms with Gasteiger partial charge in [0, 0.05) is 13.1 Å². The van der Waals surface area contributed by atoms with Crippen LogP contribution in [-0.4, -0.2) is 52.2 Å². The summed E-state index contributed by atoms with van der Waals surface area (Å²) in [6, 6.07) is -1.90. The summed E-state index contributed by atoms with van der Waals surface area (Å²) in [6.07, 6.45) is 1.11. The van der Waals surface area contributed by atoms with E-state index in [9.17, 15) is 14.4 Å². The van der Waals surface area contributed by atoms with Crippen molar-refractivity contribution in [2.45, 2.75) is 46.1 Å². The highest BCUT2D eigenvalue weighted by Crippen LogP contribution is 2.34. The first-order chi connectivity index (χ1) is 9.61. The fourth-order valence-corrected chi connectivity index (χ4v) is 2.56. The van der Waals surface area contributed by atoms with Crippen molar-refractivity contribution in [1.29, 1.82) is 0 Å². The summed E-state index contributed by atoms with van der Waals surface area (Å²) in [7, 11) is 0. The van der Waals surface area contributed by atoms with Gasteiger partial charge < -0.3 is 20.4 Å². The lowest BCUT2D eigenvalue weighted by Crippen LogP contribution is -2.51. The molecule has 0 aliphatic carbocycles. The molecule has 1 rings (SSSR count). The molecule has 1 aliphatic heterocycles. The standard InChI is InChI=1S/C14H24N2O5/c1-14(2,3)9-4-6-16(7-5-9)13(21)15-10(12(19)20)8-11(17)18/h9-10H,4-8H2,1-3H3,(H,15,21)(H,17,18)(H,19,20)/t10-/m0/s1. The Kier molecular flexibility index (Phi) is 5.57. The van der Waals surface area contributed by atoms with Crippen LogP contribution in [0.4, 0.5) is 4.79 Å². The summed E-state index contributed by atoms with van der Waals surface area (Å²) in [4.78, 5) is 35.1. The normalized spacial score (nSPS) is 18.1. The van der Waals surface area contributed by atoms with Gasteiger partial charge in [0.1, 0.15) is 6.04 Å². The first-order valence-corrected chi connectivity index (χ1v) is 7.11. The number of hydrogen-bond acceptors (Lipinski definition) is 3. The number of carbonyl (C=O) groups is 3. The number of carbonyl (C=O) groups excluding carboxylic acids is 1. The molecule has 21 heavy (non-hydrogen) atoms. The minimum Gasteiger partial charge on any atom is -0.481 e. The second kappa shape index (κ2) is 6.78. The zero-order valence-electron chi connectivity index (χ0n) is 12.8. The number of carboxylic acid groups (broad SMARTS) is 2. The monoisotopic (exact) mass is 300 g/mol. The lowest BCUT2D eigenvalue weighted by Gasteiger charge is -2.38. The van der Waals surface area contributed by atoms with Crippen molar-refractivity contribution in [1.82, 2.24) is 10.2 Å². The van der Waals surface area contributed by atoms with Crippen LogP contribution in [0, 0.1) is 11.3 Å². The molecular formula is C14H24N2O5. The van der Waals surface area contributed by atoms with E-state index in [0.717, 1.165) is 12.8 Å². The third-order valence-electron chi connectivity index (χ3n) is 3.98. The third-order valence-corrected chi connectivity index (χ3v) is 3.98. The Hall–Kier alpha value is -1.79. The van der Waals surface area contributed by atoms with Gasteiger partial charge in [-0.05, 0) is 24.2 Å². The Labute approximate surface area is 124 Å². The van der Waals surface area contributed by atoms with Crippen LogP contribution >= 0.6 is 0 Å². The van der Waals surface area contributed by atoms with Gasteiger partial charge in [-0.2, -0.15) is 0 Å². The average Bonchev–Trinajstić information content (AvgIpc) is 2.36. The van der Waals surface area contributed by atoms with E-state index in [1.807, 2.05) is 0 Å². The molecule has 0 radical (unpaired) electrons. The molecule has 2 amide bonds. The fourth-order valence-electron chi connectivity index (χ4n) is 2.56. The van der Waals surface area contributed by atoms with E-state index in [-0.39, 0.29) is 5.41 Å². The Bertz CT molecular complexity index is 408. The molecule has 0 saturated carbocycles. The summed E-state index contributed by atoms with van der Waals surface area (Å²) < 4.78 is 0. The molecule has 1 saturated heterocycles. The molecule has 0 spiro atoms. The fraction of sp³-hybridized carbons (Fsp3) is 0.786. The van der Waals surface area contributed by atoms with E-state index < -0.39 is 30.4 Å². The Balaban J connectivity index is 2.53. The molecule has 1 fully saturated rings. The van der Waals surface area contributed by atoms with Gasteiger partial charge in [0.25, 0.3) is 0 Å². The van der Waals surface area contributed by atoms with Crippen molar-refractivity contribution in [3.8, 4) is 0 Å². The van der Waals surface area contributed by atoms with E-state index in [1.54, 1.807) is 4.90 Å². The van der Waals surface area contributed by atoms with E-state index in [2.05, 4.69) is 26.1 Å². The topological polar surface area (TPSA) is 107 Å². The van der Waals surface area contributed by atoms with Crippen molar-refractivity contribution in [2.75, 3.05) is 13.1 Å². The van der Waals surface area contributed by atoms with Gasteiger partial charge in [0.15, 0.2) is 0 Å². The van der Waals surface area contributed by atoms with Crippen molar-refractivity contribution in [2.24, 2.45) is 11.3 Å². The summed E-state index contributed by atoms with van der Waals surface area (Å²) >= 11 is 0. The van der Waals surface area contributed by atoms with Gasteiger partial charge in [-0.3, -0.25) is 4.79 Å². The van der Waals surface area contributed by atoms with Crippen LogP contribution in [0.15, 0.2) is 0 Å². The van der Waals surface area contributed by atoms with Crippen molar-refractivity contribution >= 4 is 18.0 Å². The van der Waals surface area contributed by atoms with Crippen LogP contribution in [-0.2, 0) is 9.59 Å². The second-order valence-corrected chi connectivity index (χ2v) is 6.57. The van der Waals surface area contributed by atoms with Crippen LogP contribution in [0.5, 0.6) is 0 Å². The number of nitrogens with zero attached hydrogens (tertiary/aromatic N) is 1. The van der Waals surface area contributed by atoms with Gasteiger partial charge >= 0.3 is 18.0 Å². The van der Waals surface area contributed by atoms with Gasteiger partial charge in [0.2, 0.25) is 0 Å². The first-order valence-electron chi connectivity index (χ1n) is 7.11. The Morgan fingerprint density at radius 2 is 1.71 bits per heavy atom. The molecule has 0 bridgehead atoms. The minimum absolute atomic E-state index is 0.190. The van der Waals surface area contributed by atoms with E-state index in [0.29, 0.717) is 19.0 Å². The van der Waals surface area contributed by atoms with Gasteiger partial charge in [-0.15, -0.1) is 0 Å². The average molecular weight is 300 g/mol. The summed E-state index contributed by atoms with van der Waals surface area (Å²) in [6.45, 7) is 7.63. The van der Waals surface area contributed by atoms with Gasteiger partial charge in [0.05, 0.1) is 6.42 Å². The predicted octanol–water partition coefficient (Wildman–Crippen LogP) is 1.38. The van der Waals surface area contributed by atoms with Crippen LogP contribution < -0.4 is 5.32 Å². The smallest absolute Gasteiger partial charge is 0.326 e. The zero-order valence-corrected chi connectivity index (χ0v) is 12.8. The number of rotatable bonds is 4. The molecule has 1 aliphatic rings. The summed E-state index contributed by atoms with van der Waals surface area (Å²) in [5.74, 6) is -2.07. The van der Waals surface area contributed by atoms with E-state index >= 15 is 0 Å². The largest absolute Gasteiger partial charge is 0.481 e. The maximum absolute atomic E-state index is 12.0. The second-order valence-electron chi connectivity index (χ2n) is 6.57. The molecule has 0 aromatic heterocycles. The number of aliphatic carboxylic acids is 2. The van der Waals surface area contributed by atoms with Crippen LogP contribution in [0.1, 0.15) is 40.0 Å². The number of urea groups is 1. The van der Waals surface area contributed by atoms with Crippen LogP contribution in [0.3, 0.4) is 0 Å². The molecule has 0 aromatic carbocycles. The summed E-state index contributed by atoms with van der Waals surface area (Å²) in [5, 5.41) is 19.9. The molecule has 1 atom stereocenters. The van der Waals surface area contributed by atoms with Gasteiger partial charge in [-0.25, -0.2) is 9.59 Å². The van der Waals surface area contributed by atoms with Crippen molar-refractivity contribution in [3.63, 3.8) is 0 Å². The number of hydrogen-bond donors (Lipinski definition) is 3. The first kappa shape index (κ1) is 17.3. The van der Waals surface area contributed by atoms with E-state index in [1.165, 1.54) is 0 Å². The zero-order chi connectivity index (χ0) is 16.2. The Morgan fingerprint density at radius 3 is 2.10 bits per heavy atom. The molecule has 1 heterocycles. The lowest BCUT2D eigenvalue weighted by atomic mass is 9.75. The summed E-state index contributed by atoms with van der Waals surface area (Å²) in [5.41, 5.74) is 0.190. The predicted molar refractivity (Wildman–Crippen MR) is 76.0 cm³/mol. The van der Waals surface area contributed by atoms with Crippen LogP contribution in [0.25, 0.3) is 0 Å². The number of amides is 2. The number of carboxylic acids is 2. The SMILES string of the molecule is CC(C)(C)C1CCN(C(=O)N[C@@H](CC(=O)O)C(=O)O)CC1. The molecule has 7 heteroatoms. The van der Waals surface area contributed by atoms with Crippen LogP contribution in [0.2, 0.25) is 0 Å². The minimum atomic E-state index is -1.39.